The van der Waals surface area contributed by atoms with Crippen molar-refractivity contribution in [2.24, 2.45) is 16.9 Å². The van der Waals surface area contributed by atoms with Crippen LogP contribution in [0.5, 0.6) is 0 Å². The number of hydrogen-bond donors (Lipinski definition) is 0. The van der Waals surface area contributed by atoms with Crippen LogP contribution < -0.4 is 0 Å². The Hall–Kier alpha value is -0.650. The van der Waals surface area contributed by atoms with Crippen LogP contribution in [0.15, 0.2) is 5.10 Å². The first kappa shape index (κ1) is 16.7. The molecular formula is C16H31N3O2. The fourth-order valence-corrected chi connectivity index (χ4v) is 2.73. The zero-order chi connectivity index (χ0) is 15.2. The maximum absolute atomic E-state index is 6.02. The number of nitrogens with zero attached hydrogens (tertiary/aromatic N) is 3. The van der Waals surface area contributed by atoms with E-state index in [1.54, 1.807) is 0 Å². The van der Waals surface area contributed by atoms with Crippen molar-refractivity contribution in [2.45, 2.75) is 46.0 Å². The highest BCUT2D eigenvalue weighted by molar-refractivity contribution is 5.59. The number of ether oxygens (including phenoxy) is 2. The lowest BCUT2D eigenvalue weighted by Gasteiger charge is -2.33. The maximum Gasteiger partial charge on any atom is 0.160 e. The van der Waals surface area contributed by atoms with Gasteiger partial charge < -0.3 is 14.4 Å². The molecule has 0 spiro atoms. The van der Waals surface area contributed by atoms with E-state index in [4.69, 9.17) is 9.47 Å². The van der Waals surface area contributed by atoms with E-state index in [0.717, 1.165) is 45.6 Å². The summed E-state index contributed by atoms with van der Waals surface area (Å²) in [7, 11) is 2.16. The van der Waals surface area contributed by atoms with Gasteiger partial charge in [0.05, 0.1) is 12.7 Å². The van der Waals surface area contributed by atoms with Gasteiger partial charge in [0.1, 0.15) is 0 Å². The molecule has 0 aromatic rings. The second kappa shape index (κ2) is 8.11. The van der Waals surface area contributed by atoms with Crippen molar-refractivity contribution in [1.29, 1.82) is 0 Å². The fraction of sp³-hybridized carbons (Fsp3) is 0.938. The summed E-state index contributed by atoms with van der Waals surface area (Å²) in [5, 5.41) is 6.81. The first-order chi connectivity index (χ1) is 10.0. The number of piperazine rings is 1. The third-order valence-corrected chi connectivity index (χ3v) is 4.19. The minimum atomic E-state index is -0.0366. The molecule has 3 atom stereocenters. The van der Waals surface area contributed by atoms with Gasteiger partial charge in [-0.25, -0.2) is 0 Å². The lowest BCUT2D eigenvalue weighted by molar-refractivity contribution is -0.232. The maximum atomic E-state index is 6.02. The van der Waals surface area contributed by atoms with Crippen LogP contribution in [0.4, 0.5) is 0 Å². The summed E-state index contributed by atoms with van der Waals surface area (Å²) >= 11 is 0. The Labute approximate surface area is 129 Å². The first-order valence-electron chi connectivity index (χ1n) is 8.29. The molecule has 0 bridgehead atoms. The number of likely N-dealkylation sites (N-methyl/N-ethyl adjacent to an activating group) is 1. The summed E-state index contributed by atoms with van der Waals surface area (Å²) in [5.74, 6) is 0.864. The van der Waals surface area contributed by atoms with Crippen LogP contribution >= 0.6 is 0 Å². The molecule has 5 heteroatoms. The van der Waals surface area contributed by atoms with Gasteiger partial charge in [0, 0.05) is 38.3 Å². The Bertz CT molecular complexity index is 327. The number of rotatable bonds is 5. The fourth-order valence-electron chi connectivity index (χ4n) is 2.73. The Morgan fingerprint density at radius 1 is 1.19 bits per heavy atom. The predicted molar refractivity (Wildman–Crippen MR) is 85.4 cm³/mol. The molecule has 2 heterocycles. The molecule has 0 radical (unpaired) electrons. The first-order valence-corrected chi connectivity index (χ1v) is 8.29. The minimum absolute atomic E-state index is 0.0366. The van der Waals surface area contributed by atoms with Gasteiger partial charge >= 0.3 is 0 Å². The quantitative estimate of drug-likeness (QED) is 0.728. The molecule has 0 aromatic carbocycles. The van der Waals surface area contributed by atoms with Crippen LogP contribution in [-0.4, -0.2) is 68.4 Å². The molecule has 122 valence electrons. The predicted octanol–water partition coefficient (Wildman–Crippen LogP) is 2.03. The molecule has 0 amide bonds. The SMILES string of the molecule is CC(/C=N/N1CCN(C)CC1)CC1CCOC(C(C)C)O1. The molecule has 2 saturated heterocycles. The van der Waals surface area contributed by atoms with E-state index < -0.39 is 0 Å². The zero-order valence-corrected chi connectivity index (χ0v) is 14.0. The van der Waals surface area contributed by atoms with E-state index in [0.29, 0.717) is 17.9 Å². The molecule has 2 aliphatic rings. The summed E-state index contributed by atoms with van der Waals surface area (Å²) in [6.45, 7) is 11.6. The Kier molecular flexibility index (Phi) is 6.45. The summed E-state index contributed by atoms with van der Waals surface area (Å²) in [6.07, 6.45) is 4.39. The van der Waals surface area contributed by atoms with Gasteiger partial charge in [-0.1, -0.05) is 20.8 Å². The molecule has 21 heavy (non-hydrogen) atoms. The molecule has 0 saturated carbocycles. The number of hydrogen-bond acceptors (Lipinski definition) is 5. The zero-order valence-electron chi connectivity index (χ0n) is 14.0. The van der Waals surface area contributed by atoms with Crippen LogP contribution in [-0.2, 0) is 9.47 Å². The van der Waals surface area contributed by atoms with E-state index >= 15 is 0 Å². The van der Waals surface area contributed by atoms with Crippen molar-refractivity contribution in [2.75, 3.05) is 39.8 Å². The standard InChI is InChI=1S/C16H31N3O2/c1-13(2)16-20-10-5-15(21-16)11-14(3)12-17-19-8-6-18(4)7-9-19/h12-16H,5-11H2,1-4H3/b17-12+. The topological polar surface area (TPSA) is 37.3 Å². The molecular weight excluding hydrogens is 266 g/mol. The van der Waals surface area contributed by atoms with Gasteiger partial charge in [0.25, 0.3) is 0 Å². The van der Waals surface area contributed by atoms with Gasteiger partial charge in [-0.05, 0) is 25.8 Å². The van der Waals surface area contributed by atoms with Gasteiger partial charge in [0.15, 0.2) is 6.29 Å². The van der Waals surface area contributed by atoms with Crippen LogP contribution in [0.1, 0.15) is 33.6 Å². The summed E-state index contributed by atoms with van der Waals surface area (Å²) in [5.41, 5.74) is 0. The van der Waals surface area contributed by atoms with E-state index in [2.05, 4.69) is 49.0 Å². The third kappa shape index (κ3) is 5.57. The minimum Gasteiger partial charge on any atom is -0.352 e. The molecule has 2 aliphatic heterocycles. The van der Waals surface area contributed by atoms with E-state index in [1.165, 1.54) is 0 Å². The van der Waals surface area contributed by atoms with Crippen molar-refractivity contribution in [1.82, 2.24) is 9.91 Å². The second-order valence-electron chi connectivity index (χ2n) is 6.76. The largest absolute Gasteiger partial charge is 0.352 e. The highest BCUT2D eigenvalue weighted by Gasteiger charge is 2.26. The molecule has 0 aromatic heterocycles. The summed E-state index contributed by atoms with van der Waals surface area (Å²) in [6, 6.07) is 0. The van der Waals surface area contributed by atoms with Gasteiger partial charge in [0.2, 0.25) is 0 Å². The Morgan fingerprint density at radius 2 is 1.90 bits per heavy atom. The monoisotopic (exact) mass is 297 g/mol. The Morgan fingerprint density at radius 3 is 2.57 bits per heavy atom. The van der Waals surface area contributed by atoms with Crippen molar-refractivity contribution >= 4 is 6.21 Å². The van der Waals surface area contributed by atoms with E-state index in [1.807, 2.05) is 0 Å². The average molecular weight is 297 g/mol. The lowest BCUT2D eigenvalue weighted by Crippen LogP contribution is -2.42. The van der Waals surface area contributed by atoms with Crippen molar-refractivity contribution in [3.63, 3.8) is 0 Å². The summed E-state index contributed by atoms with van der Waals surface area (Å²) < 4.78 is 11.7. The molecule has 5 nitrogen and oxygen atoms in total. The van der Waals surface area contributed by atoms with Gasteiger partial charge in [-0.15, -0.1) is 0 Å². The highest BCUT2D eigenvalue weighted by atomic mass is 16.7. The van der Waals surface area contributed by atoms with Crippen LogP contribution in [0.25, 0.3) is 0 Å². The van der Waals surface area contributed by atoms with Crippen LogP contribution in [0, 0.1) is 11.8 Å². The van der Waals surface area contributed by atoms with E-state index in [-0.39, 0.29) is 6.29 Å². The highest BCUT2D eigenvalue weighted by Crippen LogP contribution is 2.22. The Balaban J connectivity index is 1.72. The molecule has 2 fully saturated rings. The lowest BCUT2D eigenvalue weighted by atomic mass is 10.0. The van der Waals surface area contributed by atoms with E-state index in [9.17, 15) is 0 Å². The molecule has 2 rings (SSSR count). The van der Waals surface area contributed by atoms with Gasteiger partial charge in [-0.3, -0.25) is 5.01 Å². The smallest absolute Gasteiger partial charge is 0.160 e. The van der Waals surface area contributed by atoms with Gasteiger partial charge in [-0.2, -0.15) is 5.10 Å². The van der Waals surface area contributed by atoms with Crippen LogP contribution in [0.3, 0.4) is 0 Å². The molecule has 0 N–H and O–H groups in total. The molecule has 0 aliphatic carbocycles. The average Bonchev–Trinajstić information content (AvgIpc) is 2.47. The number of hydrazone groups is 1. The summed E-state index contributed by atoms with van der Waals surface area (Å²) in [4.78, 5) is 2.34. The normalized spacial score (nSPS) is 30.2. The molecule has 3 unspecified atom stereocenters. The third-order valence-electron chi connectivity index (χ3n) is 4.19. The van der Waals surface area contributed by atoms with Crippen LogP contribution in [0.2, 0.25) is 0 Å². The van der Waals surface area contributed by atoms with Crippen molar-refractivity contribution < 1.29 is 9.47 Å². The van der Waals surface area contributed by atoms with Crippen molar-refractivity contribution in [3.05, 3.63) is 0 Å². The second-order valence-corrected chi connectivity index (χ2v) is 6.76. The van der Waals surface area contributed by atoms with Crippen molar-refractivity contribution in [3.8, 4) is 0 Å².